The van der Waals surface area contributed by atoms with Crippen molar-refractivity contribution in [1.29, 1.82) is 0 Å². The van der Waals surface area contributed by atoms with Crippen molar-refractivity contribution >= 4 is 0 Å². The molecule has 1 rings (SSSR count). The molecule has 0 aliphatic rings. The van der Waals surface area contributed by atoms with Crippen LogP contribution in [-0.4, -0.2) is 16.3 Å². The van der Waals surface area contributed by atoms with E-state index in [1.54, 1.807) is 0 Å². The van der Waals surface area contributed by atoms with Gasteiger partial charge in [0.1, 0.15) is 0 Å². The van der Waals surface area contributed by atoms with E-state index >= 15 is 0 Å². The number of aromatic nitrogens is 2. The van der Waals surface area contributed by atoms with Crippen LogP contribution in [0.4, 0.5) is 0 Å². The Bertz CT molecular complexity index is 289. The minimum Gasteiger partial charge on any atom is -0.309 e. The van der Waals surface area contributed by atoms with Gasteiger partial charge in [-0.05, 0) is 25.5 Å². The quantitative estimate of drug-likeness (QED) is 0.796. The lowest BCUT2D eigenvalue weighted by molar-refractivity contribution is 0.398. The zero-order valence-electron chi connectivity index (χ0n) is 9.83. The second-order valence-corrected chi connectivity index (χ2v) is 4.11. The molecule has 1 unspecified atom stereocenters. The Morgan fingerprint density at radius 3 is 2.50 bits per heavy atom. The van der Waals surface area contributed by atoms with E-state index in [2.05, 4.69) is 37.3 Å². The molecule has 0 aromatic carbocycles. The third kappa shape index (κ3) is 2.35. The Morgan fingerprint density at radius 2 is 2.14 bits per heavy atom. The molecule has 0 saturated carbocycles. The van der Waals surface area contributed by atoms with Gasteiger partial charge in [-0.2, -0.15) is 5.10 Å². The smallest absolute Gasteiger partial charge is 0.0597 e. The Kier molecular flexibility index (Phi) is 3.69. The predicted octanol–water partition coefficient (Wildman–Crippen LogP) is 2.04. The van der Waals surface area contributed by atoms with E-state index in [4.69, 9.17) is 0 Å². The zero-order chi connectivity index (χ0) is 10.7. The van der Waals surface area contributed by atoms with Crippen molar-refractivity contribution < 1.29 is 0 Å². The molecule has 14 heavy (non-hydrogen) atoms. The molecule has 3 heteroatoms. The van der Waals surface area contributed by atoms with Gasteiger partial charge in [-0.1, -0.05) is 20.8 Å². The molecule has 1 aromatic rings. The fourth-order valence-electron chi connectivity index (χ4n) is 1.82. The van der Waals surface area contributed by atoms with Crippen LogP contribution in [-0.2, 0) is 7.05 Å². The summed E-state index contributed by atoms with van der Waals surface area (Å²) in [5.41, 5.74) is 2.37. The van der Waals surface area contributed by atoms with E-state index < -0.39 is 0 Å². The second-order valence-electron chi connectivity index (χ2n) is 4.11. The Morgan fingerprint density at radius 1 is 1.50 bits per heavy atom. The first-order chi connectivity index (χ1) is 6.56. The van der Waals surface area contributed by atoms with Crippen LogP contribution < -0.4 is 5.32 Å². The zero-order valence-corrected chi connectivity index (χ0v) is 9.83. The van der Waals surface area contributed by atoms with Crippen molar-refractivity contribution in [2.45, 2.75) is 33.7 Å². The maximum absolute atomic E-state index is 4.37. The van der Waals surface area contributed by atoms with Crippen LogP contribution in [0.15, 0.2) is 6.07 Å². The maximum Gasteiger partial charge on any atom is 0.0597 e. The number of hydrogen-bond donors (Lipinski definition) is 1. The fraction of sp³-hybridized carbons (Fsp3) is 0.727. The van der Waals surface area contributed by atoms with Gasteiger partial charge in [-0.25, -0.2) is 0 Å². The Hall–Kier alpha value is -0.830. The summed E-state index contributed by atoms with van der Waals surface area (Å²) in [5.74, 6) is 0.588. The average Bonchev–Trinajstić information content (AvgIpc) is 2.40. The average molecular weight is 195 g/mol. The van der Waals surface area contributed by atoms with Crippen molar-refractivity contribution in [3.63, 3.8) is 0 Å². The highest BCUT2D eigenvalue weighted by Crippen LogP contribution is 2.21. The summed E-state index contributed by atoms with van der Waals surface area (Å²) in [6.45, 7) is 9.63. The van der Waals surface area contributed by atoms with Crippen molar-refractivity contribution in [1.82, 2.24) is 15.1 Å². The van der Waals surface area contributed by atoms with E-state index in [9.17, 15) is 0 Å². The third-order valence-corrected chi connectivity index (χ3v) is 2.45. The summed E-state index contributed by atoms with van der Waals surface area (Å²) in [5, 5.41) is 7.86. The molecule has 0 amide bonds. The Labute approximate surface area is 86.5 Å². The van der Waals surface area contributed by atoms with Crippen molar-refractivity contribution in [3.05, 3.63) is 17.5 Å². The minimum atomic E-state index is 0.409. The highest BCUT2D eigenvalue weighted by Gasteiger charge is 2.18. The molecular weight excluding hydrogens is 174 g/mol. The molecule has 0 aliphatic heterocycles. The van der Waals surface area contributed by atoms with Crippen LogP contribution in [0.25, 0.3) is 0 Å². The third-order valence-electron chi connectivity index (χ3n) is 2.45. The van der Waals surface area contributed by atoms with Gasteiger partial charge in [0.25, 0.3) is 0 Å². The maximum atomic E-state index is 4.37. The first kappa shape index (κ1) is 11.2. The molecule has 0 radical (unpaired) electrons. The van der Waals surface area contributed by atoms with E-state index in [0.29, 0.717) is 12.0 Å². The summed E-state index contributed by atoms with van der Waals surface area (Å²) in [6.07, 6.45) is 0. The predicted molar refractivity (Wildman–Crippen MR) is 59.2 cm³/mol. The SMILES string of the molecule is CCNC(c1cc(C)nn1C)C(C)C. The van der Waals surface area contributed by atoms with Crippen LogP contribution >= 0.6 is 0 Å². The lowest BCUT2D eigenvalue weighted by Gasteiger charge is -2.21. The summed E-state index contributed by atoms with van der Waals surface area (Å²) in [6, 6.07) is 2.57. The van der Waals surface area contributed by atoms with E-state index in [0.717, 1.165) is 12.2 Å². The molecule has 0 fully saturated rings. The van der Waals surface area contributed by atoms with E-state index in [1.165, 1.54) is 5.69 Å². The number of rotatable bonds is 4. The highest BCUT2D eigenvalue weighted by atomic mass is 15.3. The van der Waals surface area contributed by atoms with Crippen molar-refractivity contribution in [3.8, 4) is 0 Å². The molecule has 1 atom stereocenters. The molecule has 80 valence electrons. The van der Waals surface area contributed by atoms with Gasteiger partial charge in [0.15, 0.2) is 0 Å². The fourth-order valence-corrected chi connectivity index (χ4v) is 1.82. The van der Waals surface area contributed by atoms with Crippen LogP contribution in [0.3, 0.4) is 0 Å². The summed E-state index contributed by atoms with van der Waals surface area (Å²) in [4.78, 5) is 0. The molecule has 0 bridgehead atoms. The van der Waals surface area contributed by atoms with E-state index in [-0.39, 0.29) is 0 Å². The largest absolute Gasteiger partial charge is 0.309 e. The second kappa shape index (κ2) is 4.60. The van der Waals surface area contributed by atoms with Crippen molar-refractivity contribution in [2.24, 2.45) is 13.0 Å². The summed E-state index contributed by atoms with van der Waals surface area (Å²) >= 11 is 0. The van der Waals surface area contributed by atoms with Crippen LogP contribution in [0.5, 0.6) is 0 Å². The molecule has 0 spiro atoms. The van der Waals surface area contributed by atoms with Crippen LogP contribution in [0.1, 0.15) is 38.2 Å². The molecule has 0 aliphatic carbocycles. The monoisotopic (exact) mass is 195 g/mol. The number of hydrogen-bond acceptors (Lipinski definition) is 2. The summed E-state index contributed by atoms with van der Waals surface area (Å²) in [7, 11) is 2.01. The van der Waals surface area contributed by atoms with Crippen LogP contribution in [0.2, 0.25) is 0 Å². The van der Waals surface area contributed by atoms with Gasteiger partial charge in [-0.15, -0.1) is 0 Å². The van der Waals surface area contributed by atoms with Gasteiger partial charge >= 0.3 is 0 Å². The molecular formula is C11H21N3. The first-order valence-corrected chi connectivity index (χ1v) is 5.30. The lowest BCUT2D eigenvalue weighted by Crippen LogP contribution is -2.27. The normalized spacial score (nSPS) is 13.6. The lowest BCUT2D eigenvalue weighted by atomic mass is 10.0. The van der Waals surface area contributed by atoms with Crippen molar-refractivity contribution in [2.75, 3.05) is 6.54 Å². The standard InChI is InChI=1S/C11H21N3/c1-6-12-11(8(2)3)10-7-9(4)13-14(10)5/h7-8,11-12H,6H2,1-5H3. The minimum absolute atomic E-state index is 0.409. The van der Waals surface area contributed by atoms with Crippen LogP contribution in [0, 0.1) is 12.8 Å². The number of nitrogens with one attached hydrogen (secondary N) is 1. The topological polar surface area (TPSA) is 29.9 Å². The molecule has 3 nitrogen and oxygen atoms in total. The number of aryl methyl sites for hydroxylation is 2. The highest BCUT2D eigenvalue weighted by molar-refractivity contribution is 5.13. The number of nitrogens with zero attached hydrogens (tertiary/aromatic N) is 2. The Balaban J connectivity index is 2.92. The molecule has 1 aromatic heterocycles. The molecule has 1 N–H and O–H groups in total. The summed E-state index contributed by atoms with van der Waals surface area (Å²) < 4.78 is 1.97. The van der Waals surface area contributed by atoms with E-state index in [1.807, 2.05) is 18.7 Å². The van der Waals surface area contributed by atoms with Gasteiger partial charge in [0, 0.05) is 7.05 Å². The first-order valence-electron chi connectivity index (χ1n) is 5.30. The van der Waals surface area contributed by atoms with Gasteiger partial charge in [0.2, 0.25) is 0 Å². The molecule has 1 heterocycles. The van der Waals surface area contributed by atoms with Gasteiger partial charge < -0.3 is 5.32 Å². The molecule has 0 saturated heterocycles. The van der Waals surface area contributed by atoms with Gasteiger partial charge in [0.05, 0.1) is 17.4 Å². The van der Waals surface area contributed by atoms with Gasteiger partial charge in [-0.3, -0.25) is 4.68 Å².